The van der Waals surface area contributed by atoms with Gasteiger partial charge in [-0.3, -0.25) is 4.99 Å². The van der Waals surface area contributed by atoms with Crippen LogP contribution in [-0.2, 0) is 16.3 Å². The first kappa shape index (κ1) is 25.0. The van der Waals surface area contributed by atoms with Crippen LogP contribution >= 0.6 is 35.7 Å². The Balaban J connectivity index is 0.00000320. The quantitative estimate of drug-likeness (QED) is 0.275. The smallest absolute Gasteiger partial charge is 0.191 e. The summed E-state index contributed by atoms with van der Waals surface area (Å²) in [7, 11) is -3.15. The Morgan fingerprint density at radius 1 is 1.07 bits per heavy atom. The number of sulfone groups is 1. The fourth-order valence-electron chi connectivity index (χ4n) is 2.96. The van der Waals surface area contributed by atoms with Gasteiger partial charge in [0, 0.05) is 29.0 Å². The van der Waals surface area contributed by atoms with Crippen LogP contribution in [0, 0.1) is 0 Å². The summed E-state index contributed by atoms with van der Waals surface area (Å²) in [6.07, 6.45) is 4.42. The Kier molecular flexibility index (Phi) is 9.49. The Morgan fingerprint density at radius 2 is 1.73 bits per heavy atom. The molecule has 0 amide bonds. The average Bonchev–Trinajstić information content (AvgIpc) is 3.46. The second kappa shape index (κ2) is 11.4. The number of aliphatic imine (C=N–C) groups is 1. The molecule has 30 heavy (non-hydrogen) atoms. The molecule has 0 heterocycles. The summed E-state index contributed by atoms with van der Waals surface area (Å²) in [5, 5.41) is 6.70. The number of benzene rings is 2. The van der Waals surface area contributed by atoms with Gasteiger partial charge in [-0.1, -0.05) is 30.3 Å². The van der Waals surface area contributed by atoms with Crippen LogP contribution in [0.5, 0.6) is 0 Å². The second-order valence-electron chi connectivity index (χ2n) is 7.39. The van der Waals surface area contributed by atoms with Crippen LogP contribution in [0.4, 0.5) is 0 Å². The number of hydrogen-bond donors (Lipinski definition) is 2. The van der Waals surface area contributed by atoms with Gasteiger partial charge in [0.1, 0.15) is 0 Å². The van der Waals surface area contributed by atoms with Gasteiger partial charge in [0.15, 0.2) is 15.8 Å². The summed E-state index contributed by atoms with van der Waals surface area (Å²) in [6, 6.07) is 17.6. The Hall–Kier alpha value is -1.26. The molecule has 0 bridgehead atoms. The molecular formula is C22H30IN3O2S2. The molecule has 0 unspecified atom stereocenters. The molecule has 3 rings (SSSR count). The van der Waals surface area contributed by atoms with Gasteiger partial charge in [-0.05, 0) is 56.0 Å². The first-order chi connectivity index (χ1) is 13.9. The maximum atomic E-state index is 11.6. The normalized spacial score (nSPS) is 15.2. The summed E-state index contributed by atoms with van der Waals surface area (Å²) in [4.78, 5) is 6.47. The zero-order chi connectivity index (χ0) is 20.7. The highest BCUT2D eigenvalue weighted by Gasteiger charge is 2.43. The van der Waals surface area contributed by atoms with Crippen molar-refractivity contribution in [3.8, 4) is 0 Å². The first-order valence-corrected chi connectivity index (χ1v) is 12.7. The van der Waals surface area contributed by atoms with Crippen molar-refractivity contribution in [3.63, 3.8) is 0 Å². The lowest BCUT2D eigenvalue weighted by molar-refractivity contribution is 0.602. The van der Waals surface area contributed by atoms with Gasteiger partial charge >= 0.3 is 0 Å². The topological polar surface area (TPSA) is 70.6 Å². The van der Waals surface area contributed by atoms with E-state index in [2.05, 4.69) is 41.8 Å². The standard InChI is InChI=1S/C22H29N3O2S2.HI/c1-3-23-21(24-16-13-18-9-11-20(12-10-18)29(2,26)27)25-17-22(14-15-22)28-19-7-5-4-6-8-19;/h4-12H,3,13-17H2,1-2H3,(H2,23,24,25);1H. The zero-order valence-corrected chi connectivity index (χ0v) is 21.4. The van der Waals surface area contributed by atoms with Crippen LogP contribution < -0.4 is 10.6 Å². The van der Waals surface area contributed by atoms with E-state index in [-0.39, 0.29) is 28.7 Å². The number of hydrogen-bond acceptors (Lipinski definition) is 4. The van der Waals surface area contributed by atoms with E-state index in [1.165, 1.54) is 24.0 Å². The van der Waals surface area contributed by atoms with Gasteiger partial charge < -0.3 is 10.6 Å². The molecule has 1 fully saturated rings. The van der Waals surface area contributed by atoms with Crippen molar-refractivity contribution < 1.29 is 8.42 Å². The molecule has 0 aliphatic heterocycles. The van der Waals surface area contributed by atoms with E-state index in [9.17, 15) is 8.42 Å². The van der Waals surface area contributed by atoms with Crippen molar-refractivity contribution in [1.29, 1.82) is 0 Å². The molecule has 2 aromatic rings. The van der Waals surface area contributed by atoms with Crippen molar-refractivity contribution in [2.24, 2.45) is 4.99 Å². The molecule has 0 saturated heterocycles. The monoisotopic (exact) mass is 559 g/mol. The molecule has 2 aromatic carbocycles. The molecule has 5 nitrogen and oxygen atoms in total. The fourth-order valence-corrected chi connectivity index (χ4v) is 4.82. The summed E-state index contributed by atoms with van der Waals surface area (Å²) in [6.45, 7) is 4.41. The third-order valence-corrected chi connectivity index (χ3v) is 7.42. The number of thioether (sulfide) groups is 1. The van der Waals surface area contributed by atoms with Gasteiger partial charge in [-0.15, -0.1) is 35.7 Å². The predicted octanol–water partition coefficient (Wildman–Crippen LogP) is 4.13. The minimum Gasteiger partial charge on any atom is -0.357 e. The molecule has 164 valence electrons. The predicted molar refractivity (Wildman–Crippen MR) is 137 cm³/mol. The van der Waals surface area contributed by atoms with E-state index in [0.717, 1.165) is 37.6 Å². The minimum atomic E-state index is -3.15. The maximum Gasteiger partial charge on any atom is 0.191 e. The summed E-state index contributed by atoms with van der Waals surface area (Å²) in [5.41, 5.74) is 1.10. The minimum absolute atomic E-state index is 0. The molecule has 1 saturated carbocycles. The van der Waals surface area contributed by atoms with Crippen molar-refractivity contribution in [3.05, 3.63) is 60.2 Å². The lowest BCUT2D eigenvalue weighted by Crippen LogP contribution is -2.39. The zero-order valence-electron chi connectivity index (χ0n) is 17.4. The number of guanidine groups is 1. The summed E-state index contributed by atoms with van der Waals surface area (Å²) in [5.74, 6) is 0.834. The van der Waals surface area contributed by atoms with Crippen LogP contribution in [0.15, 0.2) is 69.4 Å². The van der Waals surface area contributed by atoms with Crippen LogP contribution in [-0.4, -0.2) is 45.0 Å². The summed E-state index contributed by atoms with van der Waals surface area (Å²) < 4.78 is 23.3. The van der Waals surface area contributed by atoms with E-state index < -0.39 is 9.84 Å². The van der Waals surface area contributed by atoms with E-state index >= 15 is 0 Å². The number of nitrogens with zero attached hydrogens (tertiary/aromatic N) is 1. The van der Waals surface area contributed by atoms with E-state index in [1.807, 2.05) is 30.0 Å². The van der Waals surface area contributed by atoms with Gasteiger partial charge in [0.25, 0.3) is 0 Å². The summed E-state index contributed by atoms with van der Waals surface area (Å²) >= 11 is 1.93. The van der Waals surface area contributed by atoms with E-state index in [4.69, 9.17) is 4.99 Å². The number of rotatable bonds is 9. The molecule has 1 aliphatic rings. The molecule has 2 N–H and O–H groups in total. The average molecular weight is 560 g/mol. The third kappa shape index (κ3) is 7.77. The van der Waals surface area contributed by atoms with Gasteiger partial charge in [-0.25, -0.2) is 8.42 Å². The highest BCUT2D eigenvalue weighted by atomic mass is 127. The SMILES string of the molecule is CCNC(=NCC1(Sc2ccccc2)CC1)NCCc1ccc(S(C)(=O)=O)cc1.I. The highest BCUT2D eigenvalue weighted by molar-refractivity contribution is 14.0. The second-order valence-corrected chi connectivity index (χ2v) is 10.9. The van der Waals surface area contributed by atoms with Gasteiger partial charge in [0.05, 0.1) is 11.4 Å². The van der Waals surface area contributed by atoms with Crippen LogP contribution in [0.25, 0.3) is 0 Å². The molecule has 8 heteroatoms. The van der Waals surface area contributed by atoms with Crippen molar-refractivity contribution >= 4 is 51.5 Å². The lowest BCUT2D eigenvalue weighted by Gasteiger charge is -2.15. The van der Waals surface area contributed by atoms with Crippen LogP contribution in [0.2, 0.25) is 0 Å². The van der Waals surface area contributed by atoms with E-state index in [1.54, 1.807) is 12.1 Å². The van der Waals surface area contributed by atoms with Crippen molar-refractivity contribution in [2.45, 2.75) is 40.7 Å². The number of nitrogens with one attached hydrogen (secondary N) is 2. The van der Waals surface area contributed by atoms with Crippen molar-refractivity contribution in [1.82, 2.24) is 10.6 Å². The molecule has 1 aliphatic carbocycles. The number of halogens is 1. The molecule has 0 radical (unpaired) electrons. The van der Waals surface area contributed by atoms with Gasteiger partial charge in [0.2, 0.25) is 0 Å². The third-order valence-electron chi connectivity index (χ3n) is 4.81. The Morgan fingerprint density at radius 3 is 2.30 bits per heavy atom. The molecule has 0 aromatic heterocycles. The molecule has 0 spiro atoms. The fraction of sp³-hybridized carbons (Fsp3) is 0.409. The maximum absolute atomic E-state index is 11.6. The Labute approximate surface area is 201 Å². The van der Waals surface area contributed by atoms with E-state index in [0.29, 0.717) is 4.90 Å². The van der Waals surface area contributed by atoms with Crippen molar-refractivity contribution in [2.75, 3.05) is 25.9 Å². The molecule has 0 atom stereocenters. The lowest BCUT2D eigenvalue weighted by atomic mass is 10.1. The molecular weight excluding hydrogens is 529 g/mol. The highest BCUT2D eigenvalue weighted by Crippen LogP contribution is 2.51. The first-order valence-electron chi connectivity index (χ1n) is 9.95. The largest absolute Gasteiger partial charge is 0.357 e. The van der Waals surface area contributed by atoms with Gasteiger partial charge in [-0.2, -0.15) is 0 Å². The Bertz CT molecular complexity index is 929. The van der Waals surface area contributed by atoms with Crippen LogP contribution in [0.3, 0.4) is 0 Å². The van der Waals surface area contributed by atoms with Crippen LogP contribution in [0.1, 0.15) is 25.3 Å².